The van der Waals surface area contributed by atoms with Crippen LogP contribution in [0.25, 0.3) is 22.5 Å². The molecule has 6 N–H and O–H groups in total. The lowest BCUT2D eigenvalue weighted by Crippen LogP contribution is -2.33. The van der Waals surface area contributed by atoms with Crippen molar-refractivity contribution in [2.75, 3.05) is 5.75 Å². The summed E-state index contributed by atoms with van der Waals surface area (Å²) in [4.78, 5) is 15.3. The third kappa shape index (κ3) is 4.40. The normalized spacial score (nSPS) is 11.4. The monoisotopic (exact) mass is 384 g/mol. The molecule has 0 aliphatic rings. The van der Waals surface area contributed by atoms with Crippen molar-refractivity contribution >= 4 is 23.3 Å². The van der Waals surface area contributed by atoms with Gasteiger partial charge in [0, 0.05) is 17.7 Å². The Balaban J connectivity index is 1.92. The predicted molar refractivity (Wildman–Crippen MR) is 104 cm³/mol. The molecule has 1 heterocycles. The van der Waals surface area contributed by atoms with Crippen molar-refractivity contribution in [3.8, 4) is 22.5 Å². The number of nitro benzene ring substituents is 1. The zero-order valence-corrected chi connectivity index (χ0v) is 14.8. The first-order valence-corrected chi connectivity index (χ1v) is 8.73. The van der Waals surface area contributed by atoms with Gasteiger partial charge in [-0.25, -0.2) is 10.8 Å². The fraction of sp³-hybridized carbons (Fsp3) is 0.0625. The van der Waals surface area contributed by atoms with Gasteiger partial charge < -0.3 is 11.3 Å². The Kier molecular flexibility index (Phi) is 5.64. The molecule has 0 amide bonds. The summed E-state index contributed by atoms with van der Waals surface area (Å²) < 4.78 is 0. The van der Waals surface area contributed by atoms with Gasteiger partial charge in [-0.15, -0.1) is 5.10 Å². The zero-order chi connectivity index (χ0) is 19.2. The molecule has 0 bridgehead atoms. The summed E-state index contributed by atoms with van der Waals surface area (Å²) in [6, 6.07) is 14.2. The average molecular weight is 384 g/mol. The van der Waals surface area contributed by atoms with Crippen LogP contribution in [0.4, 0.5) is 5.69 Å². The lowest BCUT2D eigenvalue weighted by Gasteiger charge is -2.04. The summed E-state index contributed by atoms with van der Waals surface area (Å²) in [5.74, 6) is 11.6. The molecule has 2 aromatic carbocycles. The molecule has 0 unspecified atom stereocenters. The molecular formula is C16H16N8O2S. The molecule has 3 aromatic rings. The largest absolute Gasteiger partial charge is 0.322 e. The molecule has 0 aliphatic heterocycles. The first-order valence-electron chi connectivity index (χ1n) is 7.74. The second-order valence-corrected chi connectivity index (χ2v) is 6.31. The second-order valence-electron chi connectivity index (χ2n) is 5.37. The predicted octanol–water partition coefficient (Wildman–Crippen LogP) is 1.87. The standard InChI is InChI=1S/C16H16N8O2S/c17-20-14(21-18)9-27-16-19-15(22-23-16)12-6-11(7-13(8-12)24(25)26)10-4-2-1-3-5-10/h1-8H,9,17-18H2,(H,20,21)(H,19,22,23). The highest BCUT2D eigenvalue weighted by Crippen LogP contribution is 2.30. The van der Waals surface area contributed by atoms with Gasteiger partial charge in [0.05, 0.1) is 10.7 Å². The van der Waals surface area contributed by atoms with Gasteiger partial charge in [-0.2, -0.15) is 5.10 Å². The summed E-state index contributed by atoms with van der Waals surface area (Å²) >= 11 is 1.26. The smallest absolute Gasteiger partial charge is 0.270 e. The summed E-state index contributed by atoms with van der Waals surface area (Å²) in [5, 5.41) is 22.2. The number of nitrogens with two attached hydrogens (primary N) is 2. The van der Waals surface area contributed by atoms with Gasteiger partial charge in [-0.1, -0.05) is 42.1 Å². The number of H-pyrrole nitrogens is 1. The highest BCUT2D eigenvalue weighted by atomic mass is 32.2. The Morgan fingerprint density at radius 2 is 1.96 bits per heavy atom. The number of aromatic amines is 1. The topological polar surface area (TPSA) is 161 Å². The van der Waals surface area contributed by atoms with Gasteiger partial charge in [0.15, 0.2) is 5.82 Å². The summed E-state index contributed by atoms with van der Waals surface area (Å²) in [6.07, 6.45) is 0. The van der Waals surface area contributed by atoms with E-state index in [1.807, 2.05) is 36.4 Å². The summed E-state index contributed by atoms with van der Waals surface area (Å²) in [6.45, 7) is 0. The van der Waals surface area contributed by atoms with Gasteiger partial charge in [0.2, 0.25) is 5.16 Å². The van der Waals surface area contributed by atoms with E-state index >= 15 is 0 Å². The highest BCUT2D eigenvalue weighted by molar-refractivity contribution is 7.99. The van der Waals surface area contributed by atoms with Gasteiger partial charge >= 0.3 is 0 Å². The zero-order valence-electron chi connectivity index (χ0n) is 14.0. The molecule has 27 heavy (non-hydrogen) atoms. The molecule has 1 aromatic heterocycles. The lowest BCUT2D eigenvalue weighted by atomic mass is 10.0. The van der Waals surface area contributed by atoms with E-state index < -0.39 is 4.92 Å². The maximum Gasteiger partial charge on any atom is 0.270 e. The van der Waals surface area contributed by atoms with Crippen LogP contribution in [-0.2, 0) is 0 Å². The minimum atomic E-state index is -0.432. The first kappa shape index (κ1) is 18.4. The molecule has 10 nitrogen and oxygen atoms in total. The number of aromatic nitrogens is 3. The van der Waals surface area contributed by atoms with E-state index in [-0.39, 0.29) is 5.69 Å². The van der Waals surface area contributed by atoms with E-state index in [1.54, 1.807) is 0 Å². The van der Waals surface area contributed by atoms with Gasteiger partial charge in [0.25, 0.3) is 5.69 Å². The Morgan fingerprint density at radius 1 is 1.22 bits per heavy atom. The first-order chi connectivity index (χ1) is 13.1. The van der Waals surface area contributed by atoms with E-state index in [9.17, 15) is 10.1 Å². The quantitative estimate of drug-likeness (QED) is 0.125. The number of hydrazine groups is 1. The Hall–Kier alpha value is -3.44. The molecule has 0 atom stereocenters. The van der Waals surface area contributed by atoms with Crippen molar-refractivity contribution in [2.45, 2.75) is 5.16 Å². The van der Waals surface area contributed by atoms with Crippen LogP contribution in [0.3, 0.4) is 0 Å². The van der Waals surface area contributed by atoms with Crippen LogP contribution < -0.4 is 17.1 Å². The van der Waals surface area contributed by atoms with Crippen LogP contribution in [0.15, 0.2) is 58.8 Å². The van der Waals surface area contributed by atoms with Gasteiger partial charge in [-0.3, -0.25) is 15.2 Å². The van der Waals surface area contributed by atoms with E-state index in [1.165, 1.54) is 23.9 Å². The molecule has 0 saturated carbocycles. The molecular weight excluding hydrogens is 368 g/mol. The number of hydrogen-bond acceptors (Lipinski definition) is 8. The van der Waals surface area contributed by atoms with Crippen LogP contribution in [0.1, 0.15) is 0 Å². The van der Waals surface area contributed by atoms with Crippen molar-refractivity contribution in [1.29, 1.82) is 0 Å². The minimum absolute atomic E-state index is 0.0261. The molecule has 0 aliphatic carbocycles. The van der Waals surface area contributed by atoms with Crippen molar-refractivity contribution < 1.29 is 4.92 Å². The number of hydrazone groups is 1. The number of nitrogens with one attached hydrogen (secondary N) is 2. The number of rotatable bonds is 6. The number of hydrogen-bond donors (Lipinski definition) is 4. The van der Waals surface area contributed by atoms with Crippen molar-refractivity contribution in [3.63, 3.8) is 0 Å². The van der Waals surface area contributed by atoms with Crippen molar-refractivity contribution in [1.82, 2.24) is 20.6 Å². The van der Waals surface area contributed by atoms with Crippen LogP contribution >= 0.6 is 11.8 Å². The molecule has 0 saturated heterocycles. The maximum absolute atomic E-state index is 11.3. The average Bonchev–Trinajstić information content (AvgIpc) is 3.18. The maximum atomic E-state index is 11.3. The number of thioether (sulfide) groups is 1. The highest BCUT2D eigenvalue weighted by Gasteiger charge is 2.15. The fourth-order valence-electron chi connectivity index (χ4n) is 2.34. The number of nitro groups is 1. The van der Waals surface area contributed by atoms with E-state index in [4.69, 9.17) is 11.7 Å². The van der Waals surface area contributed by atoms with E-state index in [2.05, 4.69) is 25.7 Å². The van der Waals surface area contributed by atoms with Gasteiger partial charge in [0.1, 0.15) is 5.84 Å². The Labute approximate surface area is 158 Å². The van der Waals surface area contributed by atoms with Gasteiger partial charge in [-0.05, 0) is 17.2 Å². The van der Waals surface area contributed by atoms with Crippen molar-refractivity contribution in [2.24, 2.45) is 16.8 Å². The van der Waals surface area contributed by atoms with E-state index in [0.29, 0.717) is 28.1 Å². The van der Waals surface area contributed by atoms with Crippen LogP contribution in [0.2, 0.25) is 0 Å². The lowest BCUT2D eigenvalue weighted by molar-refractivity contribution is -0.384. The van der Waals surface area contributed by atoms with Crippen molar-refractivity contribution in [3.05, 3.63) is 58.6 Å². The Morgan fingerprint density at radius 3 is 2.63 bits per heavy atom. The molecule has 0 spiro atoms. The third-order valence-electron chi connectivity index (χ3n) is 3.63. The fourth-order valence-corrected chi connectivity index (χ4v) is 3.03. The molecule has 0 radical (unpaired) electrons. The minimum Gasteiger partial charge on any atom is -0.322 e. The number of nitrogens with zero attached hydrogens (tertiary/aromatic N) is 4. The summed E-state index contributed by atoms with van der Waals surface area (Å²) in [7, 11) is 0. The summed E-state index contributed by atoms with van der Waals surface area (Å²) in [5.41, 5.74) is 4.49. The number of amidine groups is 1. The second kappa shape index (κ2) is 8.29. The SMILES string of the molecule is NN=C(CSc1n[nH]c(-c2cc(-c3ccccc3)cc([N+](=O)[O-])c2)n1)NN. The molecule has 3 rings (SSSR count). The number of benzene rings is 2. The van der Waals surface area contributed by atoms with Crippen LogP contribution in [-0.4, -0.2) is 31.7 Å². The number of non-ortho nitro benzene ring substituents is 1. The molecule has 0 fully saturated rings. The van der Waals surface area contributed by atoms with E-state index in [0.717, 1.165) is 11.1 Å². The molecule has 138 valence electrons. The van der Waals surface area contributed by atoms with Crippen LogP contribution in [0.5, 0.6) is 0 Å². The Bertz CT molecular complexity index is 974. The third-order valence-corrected chi connectivity index (χ3v) is 4.49. The van der Waals surface area contributed by atoms with Crippen LogP contribution in [0, 0.1) is 10.1 Å². The molecule has 11 heteroatoms.